The van der Waals surface area contributed by atoms with Crippen molar-refractivity contribution in [2.24, 2.45) is 0 Å². The highest BCUT2D eigenvalue weighted by Gasteiger charge is 2.22. The van der Waals surface area contributed by atoms with Gasteiger partial charge in [0.2, 0.25) is 5.95 Å². The van der Waals surface area contributed by atoms with E-state index in [0.29, 0.717) is 12.4 Å². The van der Waals surface area contributed by atoms with Gasteiger partial charge in [0.1, 0.15) is 5.82 Å². The number of rotatable bonds is 2. The predicted molar refractivity (Wildman–Crippen MR) is 50.3 cm³/mol. The zero-order chi connectivity index (χ0) is 10.8. The molecule has 2 nitrogen and oxygen atoms in total. The largest absolute Gasteiger partial charge is 0.369 e. The summed E-state index contributed by atoms with van der Waals surface area (Å²) in [6, 6.07) is 2.83. The summed E-state index contributed by atoms with van der Waals surface area (Å²) in [6.45, 7) is 0.523. The summed E-state index contributed by atoms with van der Waals surface area (Å²) in [6.07, 6.45) is -0.556. The second-order valence-corrected chi connectivity index (χ2v) is 3.38. The highest BCUT2D eigenvalue weighted by Crippen LogP contribution is 2.32. The minimum Gasteiger partial charge on any atom is -0.369 e. The number of allylic oxidation sites excluding steroid dienone is 1. The third-order valence-electron chi connectivity index (χ3n) is 2.40. The van der Waals surface area contributed by atoms with Crippen LogP contribution in [0.1, 0.15) is 17.9 Å². The highest BCUT2D eigenvalue weighted by atomic mass is 19.3. The summed E-state index contributed by atoms with van der Waals surface area (Å²) >= 11 is 0. The minimum atomic E-state index is -1.68. The molecule has 1 aliphatic heterocycles. The number of pyridine rings is 1. The summed E-state index contributed by atoms with van der Waals surface area (Å²) in [5.74, 6) is -0.142. The van der Waals surface area contributed by atoms with Crippen LogP contribution in [0.5, 0.6) is 0 Å². The molecule has 2 heterocycles. The van der Waals surface area contributed by atoms with Crippen molar-refractivity contribution in [3.63, 3.8) is 0 Å². The molecular weight excluding hydrogens is 205 g/mol. The molecule has 0 saturated carbocycles. The summed E-state index contributed by atoms with van der Waals surface area (Å²) in [7, 11) is 0. The number of hydrogen-bond donors (Lipinski definition) is 1. The van der Waals surface area contributed by atoms with E-state index in [-0.39, 0.29) is 12.3 Å². The monoisotopic (exact) mass is 214 g/mol. The van der Waals surface area contributed by atoms with E-state index in [4.69, 9.17) is 0 Å². The lowest BCUT2D eigenvalue weighted by molar-refractivity contribution is 0.416. The first kappa shape index (κ1) is 10.0. The van der Waals surface area contributed by atoms with Crippen LogP contribution < -0.4 is 5.32 Å². The molecule has 80 valence electrons. The van der Waals surface area contributed by atoms with Crippen LogP contribution in [0.4, 0.5) is 19.0 Å². The standard InChI is InChI=1S/C10H9F3N2/c11-8(12)3-1-6-5-14-10-7(6)2-4-9(13)15-10/h2-4,6H,1,5H2,(H,14,15). The van der Waals surface area contributed by atoms with E-state index in [1.54, 1.807) is 6.07 Å². The Morgan fingerprint density at radius 1 is 1.53 bits per heavy atom. The van der Waals surface area contributed by atoms with Crippen molar-refractivity contribution in [1.82, 2.24) is 4.98 Å². The maximum atomic E-state index is 12.7. The zero-order valence-electron chi connectivity index (χ0n) is 7.80. The van der Waals surface area contributed by atoms with Crippen LogP contribution in [-0.4, -0.2) is 11.5 Å². The minimum absolute atomic E-state index is 0.0467. The van der Waals surface area contributed by atoms with Crippen LogP contribution in [0.3, 0.4) is 0 Å². The van der Waals surface area contributed by atoms with Crippen LogP contribution >= 0.6 is 0 Å². The van der Waals surface area contributed by atoms with Gasteiger partial charge in [0.25, 0.3) is 6.08 Å². The number of hydrogen-bond acceptors (Lipinski definition) is 2. The van der Waals surface area contributed by atoms with Gasteiger partial charge in [0, 0.05) is 12.5 Å². The lowest BCUT2D eigenvalue weighted by atomic mass is 10.00. The van der Waals surface area contributed by atoms with E-state index < -0.39 is 12.0 Å². The first-order valence-electron chi connectivity index (χ1n) is 4.58. The normalized spacial score (nSPS) is 18.2. The van der Waals surface area contributed by atoms with Crippen molar-refractivity contribution in [2.45, 2.75) is 12.3 Å². The molecule has 0 aromatic carbocycles. The van der Waals surface area contributed by atoms with E-state index in [9.17, 15) is 13.2 Å². The summed E-state index contributed by atoms with van der Waals surface area (Å²) in [5.41, 5.74) is 0.800. The van der Waals surface area contributed by atoms with Gasteiger partial charge in [-0.05, 0) is 24.1 Å². The van der Waals surface area contributed by atoms with Crippen molar-refractivity contribution in [1.29, 1.82) is 0 Å². The molecule has 0 amide bonds. The quantitative estimate of drug-likeness (QED) is 0.765. The second-order valence-electron chi connectivity index (χ2n) is 3.38. The van der Waals surface area contributed by atoms with Crippen molar-refractivity contribution in [3.8, 4) is 0 Å². The maximum absolute atomic E-state index is 12.7. The lowest BCUT2D eigenvalue weighted by Crippen LogP contribution is -2.00. The zero-order valence-corrected chi connectivity index (χ0v) is 7.80. The second kappa shape index (κ2) is 3.92. The molecule has 0 aliphatic carbocycles. The smallest absolute Gasteiger partial charge is 0.266 e. The Morgan fingerprint density at radius 2 is 2.33 bits per heavy atom. The molecule has 1 aromatic rings. The van der Waals surface area contributed by atoms with Crippen LogP contribution in [0.2, 0.25) is 0 Å². The van der Waals surface area contributed by atoms with Crippen LogP contribution in [0.15, 0.2) is 24.3 Å². The third-order valence-corrected chi connectivity index (χ3v) is 2.40. The molecule has 0 saturated heterocycles. The van der Waals surface area contributed by atoms with Crippen molar-refractivity contribution >= 4 is 5.82 Å². The first-order valence-corrected chi connectivity index (χ1v) is 4.58. The molecule has 0 radical (unpaired) electrons. The Balaban J connectivity index is 2.18. The van der Waals surface area contributed by atoms with E-state index in [0.717, 1.165) is 11.6 Å². The first-order chi connectivity index (χ1) is 7.16. The van der Waals surface area contributed by atoms with Gasteiger partial charge in [-0.2, -0.15) is 13.2 Å². The lowest BCUT2D eigenvalue weighted by Gasteiger charge is -2.05. The average Bonchev–Trinajstić information content (AvgIpc) is 2.57. The van der Waals surface area contributed by atoms with Gasteiger partial charge in [-0.15, -0.1) is 0 Å². The SMILES string of the molecule is FC(F)=CCC1CNc2nc(F)ccc21. The van der Waals surface area contributed by atoms with Gasteiger partial charge < -0.3 is 5.32 Å². The molecular formula is C10H9F3N2. The molecule has 1 aliphatic rings. The fourth-order valence-electron chi connectivity index (χ4n) is 1.69. The molecule has 1 unspecified atom stereocenters. The van der Waals surface area contributed by atoms with Crippen molar-refractivity contribution in [3.05, 3.63) is 35.8 Å². The Bertz CT molecular complexity index is 400. The van der Waals surface area contributed by atoms with Gasteiger partial charge in [0.05, 0.1) is 0 Å². The summed E-state index contributed by atoms with van der Waals surface area (Å²) in [5, 5.41) is 2.89. The predicted octanol–water partition coefficient (Wildman–Crippen LogP) is 2.90. The van der Waals surface area contributed by atoms with Gasteiger partial charge in [-0.25, -0.2) is 4.98 Å². The number of aromatic nitrogens is 1. The fourth-order valence-corrected chi connectivity index (χ4v) is 1.69. The Labute approximate surface area is 84.8 Å². The fraction of sp³-hybridized carbons (Fsp3) is 0.300. The van der Waals surface area contributed by atoms with Gasteiger partial charge in [0.15, 0.2) is 0 Å². The van der Waals surface area contributed by atoms with Crippen molar-refractivity contribution in [2.75, 3.05) is 11.9 Å². The topological polar surface area (TPSA) is 24.9 Å². The number of anilines is 1. The van der Waals surface area contributed by atoms with Crippen LogP contribution in [0, 0.1) is 5.95 Å². The maximum Gasteiger partial charge on any atom is 0.266 e. The molecule has 0 spiro atoms. The molecule has 0 bridgehead atoms. The van der Waals surface area contributed by atoms with Crippen LogP contribution in [0.25, 0.3) is 0 Å². The molecule has 15 heavy (non-hydrogen) atoms. The van der Waals surface area contributed by atoms with Crippen molar-refractivity contribution < 1.29 is 13.2 Å². The van der Waals surface area contributed by atoms with E-state index in [1.807, 2.05) is 0 Å². The van der Waals surface area contributed by atoms with E-state index >= 15 is 0 Å². The number of nitrogens with zero attached hydrogens (tertiary/aromatic N) is 1. The Kier molecular flexibility index (Phi) is 2.62. The van der Waals surface area contributed by atoms with Gasteiger partial charge in [-0.1, -0.05) is 6.07 Å². The molecule has 0 fully saturated rings. The third kappa shape index (κ3) is 2.11. The number of nitrogens with one attached hydrogen (secondary N) is 1. The molecule has 1 aromatic heterocycles. The van der Waals surface area contributed by atoms with E-state index in [2.05, 4.69) is 10.3 Å². The molecule has 2 rings (SSSR count). The summed E-state index contributed by atoms with van der Waals surface area (Å²) < 4.78 is 36.5. The average molecular weight is 214 g/mol. The van der Waals surface area contributed by atoms with E-state index in [1.165, 1.54) is 6.07 Å². The number of fused-ring (bicyclic) bond motifs is 1. The number of halogens is 3. The molecule has 1 atom stereocenters. The summed E-state index contributed by atoms with van der Waals surface area (Å²) in [4.78, 5) is 3.65. The Morgan fingerprint density at radius 3 is 3.07 bits per heavy atom. The highest BCUT2D eigenvalue weighted by molar-refractivity contribution is 5.51. The van der Waals surface area contributed by atoms with Crippen LogP contribution in [-0.2, 0) is 0 Å². The van der Waals surface area contributed by atoms with Gasteiger partial charge >= 0.3 is 0 Å². The molecule has 1 N–H and O–H groups in total. The van der Waals surface area contributed by atoms with Gasteiger partial charge in [-0.3, -0.25) is 0 Å². The Hall–Kier alpha value is -1.52. The molecule has 5 heteroatoms.